The second-order valence-electron chi connectivity index (χ2n) is 5.11. The lowest BCUT2D eigenvalue weighted by molar-refractivity contribution is 0.278. The highest BCUT2D eigenvalue weighted by molar-refractivity contribution is 7.86. The van der Waals surface area contributed by atoms with Crippen molar-refractivity contribution in [3.8, 4) is 11.5 Å². The lowest BCUT2D eigenvalue weighted by atomic mass is 10.2. The Balaban J connectivity index is 0.000000260. The van der Waals surface area contributed by atoms with Gasteiger partial charge < -0.3 is 18.6 Å². The van der Waals surface area contributed by atoms with Crippen molar-refractivity contribution in [3.63, 3.8) is 0 Å². The quantitative estimate of drug-likeness (QED) is 0.684. The Bertz CT molecular complexity index is 843. The number of hydrogen-bond donors (Lipinski definition) is 2. The molecule has 144 valence electrons. The van der Waals surface area contributed by atoms with Gasteiger partial charge in [-0.05, 0) is 12.1 Å². The van der Waals surface area contributed by atoms with Gasteiger partial charge in [-0.3, -0.25) is 0 Å². The molecule has 0 aliphatic rings. The molecule has 0 aliphatic heterocycles. The van der Waals surface area contributed by atoms with Crippen LogP contribution in [0.25, 0.3) is 0 Å². The van der Waals surface area contributed by atoms with E-state index in [1.165, 1.54) is 12.1 Å². The van der Waals surface area contributed by atoms with Gasteiger partial charge in [0.05, 0.1) is 25.7 Å². The van der Waals surface area contributed by atoms with Crippen LogP contribution in [-0.4, -0.2) is 39.6 Å². The van der Waals surface area contributed by atoms with Gasteiger partial charge >= 0.3 is 20.2 Å². The summed E-state index contributed by atoms with van der Waals surface area (Å²) in [6.07, 6.45) is 1.92. The molecule has 0 amide bonds. The van der Waals surface area contributed by atoms with Crippen LogP contribution in [0.5, 0.6) is 11.5 Å². The molecule has 0 saturated carbocycles. The Kier molecular flexibility index (Phi) is 8.03. The molecule has 0 radical (unpaired) electrons. The van der Waals surface area contributed by atoms with Crippen molar-refractivity contribution < 1.29 is 35.4 Å². The number of para-hydroxylation sites is 2. The van der Waals surface area contributed by atoms with E-state index in [0.29, 0.717) is 11.1 Å². The smallest absolute Gasteiger partial charge is 0.306 e. The predicted octanol–water partition coefficient (Wildman–Crippen LogP) is 1.03. The van der Waals surface area contributed by atoms with Crippen LogP contribution < -0.4 is 8.37 Å². The number of aliphatic hydroxyl groups is 2. The summed E-state index contributed by atoms with van der Waals surface area (Å²) in [7, 11) is -7.04. The van der Waals surface area contributed by atoms with Crippen LogP contribution in [0.2, 0.25) is 0 Å². The number of aliphatic hydroxyl groups excluding tert-OH is 2. The molecule has 2 aromatic carbocycles. The summed E-state index contributed by atoms with van der Waals surface area (Å²) >= 11 is 0. The fourth-order valence-electron chi connectivity index (χ4n) is 1.76. The molecule has 0 aromatic heterocycles. The molecular formula is C16H20O8S2. The van der Waals surface area contributed by atoms with Gasteiger partial charge in [0.25, 0.3) is 0 Å². The minimum atomic E-state index is -3.52. The number of rotatable bonds is 6. The maximum absolute atomic E-state index is 10.8. The van der Waals surface area contributed by atoms with Crippen molar-refractivity contribution in [1.82, 2.24) is 0 Å². The Hall–Kier alpha value is -2.14. The van der Waals surface area contributed by atoms with Crippen LogP contribution in [0, 0.1) is 0 Å². The molecule has 0 saturated heterocycles. The maximum atomic E-state index is 10.8. The molecule has 0 heterocycles. The maximum Gasteiger partial charge on any atom is 0.306 e. The lowest BCUT2D eigenvalue weighted by Gasteiger charge is -2.06. The van der Waals surface area contributed by atoms with Gasteiger partial charge in [0, 0.05) is 11.1 Å². The highest BCUT2D eigenvalue weighted by atomic mass is 32.2. The molecule has 0 bridgehead atoms. The highest BCUT2D eigenvalue weighted by Gasteiger charge is 2.08. The zero-order valence-corrected chi connectivity index (χ0v) is 15.8. The van der Waals surface area contributed by atoms with Crippen LogP contribution in [0.3, 0.4) is 0 Å². The second kappa shape index (κ2) is 9.53. The van der Waals surface area contributed by atoms with Crippen molar-refractivity contribution >= 4 is 20.2 Å². The van der Waals surface area contributed by atoms with Crippen LogP contribution in [-0.2, 0) is 33.5 Å². The third-order valence-corrected chi connectivity index (χ3v) is 3.73. The Labute approximate surface area is 152 Å². The molecule has 0 fully saturated rings. The topological polar surface area (TPSA) is 127 Å². The van der Waals surface area contributed by atoms with Crippen molar-refractivity contribution in [2.45, 2.75) is 13.2 Å². The first kappa shape index (κ1) is 21.9. The largest absolute Gasteiger partial charge is 0.392 e. The molecule has 0 unspecified atom stereocenters. The summed E-state index contributed by atoms with van der Waals surface area (Å²) in [6, 6.07) is 12.8. The van der Waals surface area contributed by atoms with E-state index in [0.717, 1.165) is 12.5 Å². The third kappa shape index (κ3) is 8.30. The van der Waals surface area contributed by atoms with Crippen molar-refractivity contribution in [2.24, 2.45) is 0 Å². The van der Waals surface area contributed by atoms with E-state index in [9.17, 15) is 16.8 Å². The normalized spacial score (nSPS) is 11.2. The molecule has 26 heavy (non-hydrogen) atoms. The molecule has 0 spiro atoms. The average Bonchev–Trinajstić information content (AvgIpc) is 2.53. The zero-order valence-electron chi connectivity index (χ0n) is 14.2. The van der Waals surface area contributed by atoms with E-state index in [1.54, 1.807) is 36.4 Å². The van der Waals surface area contributed by atoms with E-state index in [1.807, 2.05) is 0 Å². The zero-order chi connectivity index (χ0) is 19.8. The number of benzene rings is 2. The van der Waals surface area contributed by atoms with Crippen molar-refractivity contribution in [2.75, 3.05) is 12.5 Å². The van der Waals surface area contributed by atoms with Gasteiger partial charge in [0.2, 0.25) is 0 Å². The second-order valence-corrected chi connectivity index (χ2v) is 8.26. The summed E-state index contributed by atoms with van der Waals surface area (Å²) in [6.45, 7) is -0.489. The van der Waals surface area contributed by atoms with Crippen LogP contribution in [0.15, 0.2) is 48.5 Å². The Morgan fingerprint density at radius 2 is 1.00 bits per heavy atom. The minimum absolute atomic E-state index is 0.174. The fraction of sp³-hybridized carbons (Fsp3) is 0.250. The summed E-state index contributed by atoms with van der Waals surface area (Å²) in [5.74, 6) is 0.347. The first-order chi connectivity index (χ1) is 12.1. The van der Waals surface area contributed by atoms with E-state index >= 15 is 0 Å². The molecule has 2 aromatic rings. The van der Waals surface area contributed by atoms with E-state index < -0.39 is 20.2 Å². The van der Waals surface area contributed by atoms with Gasteiger partial charge in [0.1, 0.15) is 11.5 Å². The molecule has 0 atom stereocenters. The first-order valence-electron chi connectivity index (χ1n) is 7.22. The summed E-state index contributed by atoms with van der Waals surface area (Å²) in [5, 5.41) is 17.7. The van der Waals surface area contributed by atoms with E-state index in [4.69, 9.17) is 10.2 Å². The third-order valence-electron chi connectivity index (χ3n) is 2.77. The summed E-state index contributed by atoms with van der Waals surface area (Å²) in [4.78, 5) is 0. The Morgan fingerprint density at radius 1 is 0.692 bits per heavy atom. The van der Waals surface area contributed by atoms with Gasteiger partial charge in [-0.1, -0.05) is 36.4 Å². The standard InChI is InChI=1S/2C8H10O4S/c2*1-13(10,11)12-8-5-3-2-4-7(8)6-9/h2*2-5,9H,6H2,1H3. The Morgan fingerprint density at radius 3 is 1.27 bits per heavy atom. The van der Waals surface area contributed by atoms with E-state index in [-0.39, 0.29) is 24.7 Å². The molecule has 2 rings (SSSR count). The van der Waals surface area contributed by atoms with Gasteiger partial charge in [-0.2, -0.15) is 16.8 Å². The average molecular weight is 404 g/mol. The van der Waals surface area contributed by atoms with Crippen LogP contribution in [0.4, 0.5) is 0 Å². The van der Waals surface area contributed by atoms with Crippen LogP contribution >= 0.6 is 0 Å². The molecule has 0 aliphatic carbocycles. The SMILES string of the molecule is CS(=O)(=O)Oc1ccccc1CO.CS(=O)(=O)Oc1ccccc1CO. The van der Waals surface area contributed by atoms with Crippen LogP contribution in [0.1, 0.15) is 11.1 Å². The monoisotopic (exact) mass is 404 g/mol. The van der Waals surface area contributed by atoms with Crippen molar-refractivity contribution in [1.29, 1.82) is 0 Å². The van der Waals surface area contributed by atoms with Gasteiger partial charge in [-0.15, -0.1) is 0 Å². The van der Waals surface area contributed by atoms with Gasteiger partial charge in [0.15, 0.2) is 0 Å². The summed E-state index contributed by atoms with van der Waals surface area (Å²) < 4.78 is 52.3. The fourth-order valence-corrected chi connectivity index (χ4v) is 2.74. The molecule has 8 nitrogen and oxygen atoms in total. The molecule has 10 heteroatoms. The minimum Gasteiger partial charge on any atom is -0.392 e. The molecule has 2 N–H and O–H groups in total. The lowest BCUT2D eigenvalue weighted by Crippen LogP contribution is -2.07. The first-order valence-corrected chi connectivity index (χ1v) is 10.9. The number of hydrogen-bond acceptors (Lipinski definition) is 8. The highest BCUT2D eigenvalue weighted by Crippen LogP contribution is 2.19. The van der Waals surface area contributed by atoms with E-state index in [2.05, 4.69) is 8.37 Å². The predicted molar refractivity (Wildman–Crippen MR) is 95.7 cm³/mol. The summed E-state index contributed by atoms with van der Waals surface area (Å²) in [5.41, 5.74) is 0.904. The van der Waals surface area contributed by atoms with Crippen molar-refractivity contribution in [3.05, 3.63) is 59.7 Å². The molecular weight excluding hydrogens is 384 g/mol. The van der Waals surface area contributed by atoms with Gasteiger partial charge in [-0.25, -0.2) is 0 Å².